The zero-order chi connectivity index (χ0) is 23.6. The number of thiazole rings is 1. The maximum atomic E-state index is 13.0. The van der Waals surface area contributed by atoms with Gasteiger partial charge in [0.1, 0.15) is 0 Å². The van der Waals surface area contributed by atoms with Crippen LogP contribution in [0.1, 0.15) is 49.7 Å². The normalized spacial score (nSPS) is 25.1. The number of ether oxygens (including phenoxy) is 1. The first-order valence-electron chi connectivity index (χ1n) is 11.4. The van der Waals surface area contributed by atoms with Gasteiger partial charge in [0.05, 0.1) is 22.8 Å². The van der Waals surface area contributed by atoms with Crippen LogP contribution in [-0.2, 0) is 21.3 Å². The summed E-state index contributed by atoms with van der Waals surface area (Å²) in [4.78, 5) is 19.8. The van der Waals surface area contributed by atoms with E-state index in [-0.39, 0.29) is 23.0 Å². The number of carbonyl (C=O) groups is 1. The van der Waals surface area contributed by atoms with Crippen LogP contribution in [0.15, 0.2) is 34.5 Å². The van der Waals surface area contributed by atoms with Gasteiger partial charge in [0, 0.05) is 37.1 Å². The average molecular weight is 493 g/mol. The van der Waals surface area contributed by atoms with Gasteiger partial charge in [-0.2, -0.15) is 4.31 Å². The molecule has 3 atom stereocenters. The third-order valence-corrected chi connectivity index (χ3v) is 8.69. The van der Waals surface area contributed by atoms with Crippen molar-refractivity contribution in [3.05, 3.63) is 40.9 Å². The maximum absolute atomic E-state index is 13.0. The van der Waals surface area contributed by atoms with Crippen LogP contribution >= 0.6 is 11.3 Å². The summed E-state index contributed by atoms with van der Waals surface area (Å²) in [6.07, 6.45) is 2.18. The number of carbonyl (C=O) groups excluding carboxylic acids is 1. The van der Waals surface area contributed by atoms with Gasteiger partial charge in [-0.1, -0.05) is 6.92 Å². The number of benzene rings is 1. The molecular weight excluding hydrogens is 460 g/mol. The first kappa shape index (κ1) is 24.3. The number of anilines is 1. The van der Waals surface area contributed by atoms with Gasteiger partial charge in [-0.3, -0.25) is 15.0 Å². The molecule has 33 heavy (non-hydrogen) atoms. The molecule has 1 N–H and O–H groups in total. The van der Waals surface area contributed by atoms with Gasteiger partial charge in [0.2, 0.25) is 10.0 Å². The largest absolute Gasteiger partial charge is 0.373 e. The molecule has 0 aliphatic carbocycles. The van der Waals surface area contributed by atoms with Crippen molar-refractivity contribution >= 4 is 32.4 Å². The van der Waals surface area contributed by atoms with Crippen molar-refractivity contribution in [2.75, 3.05) is 31.5 Å². The van der Waals surface area contributed by atoms with Crippen LogP contribution in [-0.4, -0.2) is 66.9 Å². The monoisotopic (exact) mass is 492 g/mol. The Bertz CT molecular complexity index is 1060. The summed E-state index contributed by atoms with van der Waals surface area (Å²) < 4.78 is 33.1. The number of piperidine rings is 1. The second-order valence-electron chi connectivity index (χ2n) is 9.18. The lowest BCUT2D eigenvalue weighted by atomic mass is 10.0. The van der Waals surface area contributed by atoms with Crippen LogP contribution in [0.2, 0.25) is 0 Å². The van der Waals surface area contributed by atoms with E-state index in [1.54, 1.807) is 12.1 Å². The summed E-state index contributed by atoms with van der Waals surface area (Å²) in [5.41, 5.74) is 1.35. The highest BCUT2D eigenvalue weighted by molar-refractivity contribution is 7.89. The first-order valence-corrected chi connectivity index (χ1v) is 13.8. The molecule has 3 heterocycles. The minimum absolute atomic E-state index is 0.157. The highest BCUT2D eigenvalue weighted by Gasteiger charge is 2.32. The molecule has 1 aromatic carbocycles. The zero-order valence-corrected chi connectivity index (χ0v) is 21.0. The van der Waals surface area contributed by atoms with Crippen LogP contribution < -0.4 is 5.32 Å². The van der Waals surface area contributed by atoms with Crippen molar-refractivity contribution in [1.82, 2.24) is 14.2 Å². The minimum Gasteiger partial charge on any atom is -0.373 e. The highest BCUT2D eigenvalue weighted by Crippen LogP contribution is 2.23. The van der Waals surface area contributed by atoms with Gasteiger partial charge in [-0.25, -0.2) is 13.4 Å². The van der Waals surface area contributed by atoms with Crippen LogP contribution in [0.25, 0.3) is 0 Å². The number of amides is 1. The summed E-state index contributed by atoms with van der Waals surface area (Å²) >= 11 is 1.40. The Labute approximate surface area is 200 Å². The number of hydrogen-bond acceptors (Lipinski definition) is 7. The molecule has 180 valence electrons. The number of rotatable bonds is 6. The van der Waals surface area contributed by atoms with Crippen molar-refractivity contribution in [1.29, 1.82) is 0 Å². The third-order valence-electron chi connectivity index (χ3n) is 6.04. The van der Waals surface area contributed by atoms with E-state index in [1.807, 2.05) is 19.2 Å². The summed E-state index contributed by atoms with van der Waals surface area (Å²) in [7, 11) is -3.64. The molecule has 10 heteroatoms. The van der Waals surface area contributed by atoms with Gasteiger partial charge in [0.15, 0.2) is 5.13 Å². The summed E-state index contributed by atoms with van der Waals surface area (Å²) in [5, 5.41) is 5.36. The fourth-order valence-corrected chi connectivity index (χ4v) is 6.81. The van der Waals surface area contributed by atoms with E-state index in [1.165, 1.54) is 40.6 Å². The Morgan fingerprint density at radius 2 is 1.85 bits per heavy atom. The number of hydrogen-bond donors (Lipinski definition) is 1. The molecule has 2 aliphatic heterocycles. The number of sulfonamides is 1. The van der Waals surface area contributed by atoms with E-state index in [0.29, 0.717) is 29.7 Å². The maximum Gasteiger partial charge on any atom is 0.257 e. The van der Waals surface area contributed by atoms with Crippen molar-refractivity contribution < 1.29 is 17.9 Å². The molecule has 0 saturated carbocycles. The SMILES string of the molecule is CC1CCCN(Cc2csc(NC(=O)c3ccc(S(=O)(=O)N4CC(C)OC(C)C4)cc3)n2)C1. The van der Waals surface area contributed by atoms with Crippen molar-refractivity contribution in [2.45, 2.75) is 57.3 Å². The lowest BCUT2D eigenvalue weighted by Crippen LogP contribution is -2.48. The van der Waals surface area contributed by atoms with E-state index in [2.05, 4.69) is 22.1 Å². The fourth-order valence-electron chi connectivity index (χ4n) is 4.52. The van der Waals surface area contributed by atoms with Crippen LogP contribution in [0.5, 0.6) is 0 Å². The Morgan fingerprint density at radius 3 is 2.52 bits per heavy atom. The van der Waals surface area contributed by atoms with Crippen molar-refractivity contribution in [2.24, 2.45) is 5.92 Å². The van der Waals surface area contributed by atoms with Crippen LogP contribution in [0, 0.1) is 5.92 Å². The van der Waals surface area contributed by atoms with Gasteiger partial charge < -0.3 is 4.74 Å². The van der Waals surface area contributed by atoms with E-state index in [9.17, 15) is 13.2 Å². The summed E-state index contributed by atoms with van der Waals surface area (Å²) in [6.45, 7) is 9.60. The fraction of sp³-hybridized carbons (Fsp3) is 0.565. The van der Waals surface area contributed by atoms with Gasteiger partial charge in [-0.15, -0.1) is 11.3 Å². The second kappa shape index (κ2) is 10.2. The lowest BCUT2D eigenvalue weighted by molar-refractivity contribution is -0.0440. The van der Waals surface area contributed by atoms with Crippen LogP contribution in [0.3, 0.4) is 0 Å². The molecule has 8 nitrogen and oxygen atoms in total. The molecule has 2 fully saturated rings. The summed E-state index contributed by atoms with van der Waals surface area (Å²) in [5.74, 6) is 0.401. The number of nitrogens with zero attached hydrogens (tertiary/aromatic N) is 3. The predicted octanol–water partition coefficient (Wildman–Crippen LogP) is 3.43. The molecule has 0 radical (unpaired) electrons. The van der Waals surface area contributed by atoms with Crippen molar-refractivity contribution in [3.8, 4) is 0 Å². The Kier molecular flexibility index (Phi) is 7.49. The molecule has 4 rings (SSSR count). The Morgan fingerprint density at radius 1 is 1.15 bits per heavy atom. The number of morpholine rings is 1. The molecule has 2 saturated heterocycles. The molecule has 2 aliphatic rings. The molecule has 1 amide bonds. The van der Waals surface area contributed by atoms with Crippen molar-refractivity contribution in [3.63, 3.8) is 0 Å². The third kappa shape index (κ3) is 5.99. The smallest absolute Gasteiger partial charge is 0.257 e. The van der Waals surface area contributed by atoms with E-state index >= 15 is 0 Å². The molecule has 3 unspecified atom stereocenters. The molecule has 0 spiro atoms. The van der Waals surface area contributed by atoms with E-state index in [0.717, 1.165) is 25.3 Å². The van der Waals surface area contributed by atoms with E-state index < -0.39 is 10.0 Å². The predicted molar refractivity (Wildman–Crippen MR) is 129 cm³/mol. The Hall–Kier alpha value is -1.85. The molecule has 1 aromatic heterocycles. The number of nitrogens with one attached hydrogen (secondary N) is 1. The first-order chi connectivity index (χ1) is 15.7. The van der Waals surface area contributed by atoms with Gasteiger partial charge in [-0.05, 0) is 63.4 Å². The lowest BCUT2D eigenvalue weighted by Gasteiger charge is -2.34. The number of aromatic nitrogens is 1. The number of likely N-dealkylation sites (tertiary alicyclic amines) is 1. The molecule has 2 aromatic rings. The minimum atomic E-state index is -3.64. The summed E-state index contributed by atoms with van der Waals surface area (Å²) in [6, 6.07) is 6.05. The highest BCUT2D eigenvalue weighted by atomic mass is 32.2. The molecule has 0 bridgehead atoms. The Balaban J connectivity index is 1.37. The van der Waals surface area contributed by atoms with E-state index in [4.69, 9.17) is 4.74 Å². The van der Waals surface area contributed by atoms with Gasteiger partial charge in [0.25, 0.3) is 5.91 Å². The zero-order valence-electron chi connectivity index (χ0n) is 19.4. The quantitative estimate of drug-likeness (QED) is 0.664. The topological polar surface area (TPSA) is 91.8 Å². The molecular formula is C23H32N4O4S2. The average Bonchev–Trinajstić information content (AvgIpc) is 3.19. The standard InChI is InChI=1S/C23H32N4O4S2/c1-16-5-4-10-26(11-16)14-20-15-32-23(24-20)25-22(28)19-6-8-21(9-7-19)33(29,30)27-12-17(2)31-18(3)13-27/h6-9,15-18H,4-5,10-14H2,1-3H3,(H,24,25,28). The van der Waals surface area contributed by atoms with Crippen LogP contribution in [0.4, 0.5) is 5.13 Å². The second-order valence-corrected chi connectivity index (χ2v) is 12.0. The van der Waals surface area contributed by atoms with Gasteiger partial charge >= 0.3 is 0 Å².